The predicted molar refractivity (Wildman–Crippen MR) is 60.9 cm³/mol. The highest BCUT2D eigenvalue weighted by atomic mass is 16.1. The van der Waals surface area contributed by atoms with Gasteiger partial charge in [0.05, 0.1) is 5.69 Å². The predicted octanol–water partition coefficient (Wildman–Crippen LogP) is 1.22. The van der Waals surface area contributed by atoms with Crippen molar-refractivity contribution >= 4 is 0 Å². The summed E-state index contributed by atoms with van der Waals surface area (Å²) in [5.74, 6) is 0.790. The van der Waals surface area contributed by atoms with Gasteiger partial charge in [0.15, 0.2) is 0 Å². The summed E-state index contributed by atoms with van der Waals surface area (Å²) in [5, 5.41) is 3.23. The van der Waals surface area contributed by atoms with E-state index < -0.39 is 0 Å². The summed E-state index contributed by atoms with van der Waals surface area (Å²) in [6.45, 7) is 5.81. The Hall–Kier alpha value is -1.16. The molecule has 0 spiro atoms. The van der Waals surface area contributed by atoms with Crippen LogP contribution in [0, 0.1) is 0 Å². The molecule has 0 radical (unpaired) electrons. The van der Waals surface area contributed by atoms with E-state index in [1.165, 1.54) is 0 Å². The molecule has 0 aliphatic rings. The fourth-order valence-electron chi connectivity index (χ4n) is 1.40. The molecule has 1 heterocycles. The maximum atomic E-state index is 11.3. The van der Waals surface area contributed by atoms with Gasteiger partial charge in [-0.15, -0.1) is 0 Å². The number of aromatic amines is 1. The normalized spacial score (nSPS) is 10.5. The minimum atomic E-state index is -0.0539. The number of rotatable bonds is 6. The molecule has 4 nitrogen and oxygen atoms in total. The van der Waals surface area contributed by atoms with Crippen LogP contribution >= 0.6 is 0 Å². The van der Waals surface area contributed by atoms with E-state index in [-0.39, 0.29) is 5.56 Å². The molecule has 4 heteroatoms. The SMILES string of the molecule is CCCNCc1cc(=O)[nH]c(CCC)n1. The van der Waals surface area contributed by atoms with Gasteiger partial charge in [0.1, 0.15) is 5.82 Å². The first-order valence-corrected chi connectivity index (χ1v) is 5.56. The molecule has 0 aromatic carbocycles. The quantitative estimate of drug-likeness (QED) is 0.693. The van der Waals surface area contributed by atoms with Crippen molar-refractivity contribution in [3.63, 3.8) is 0 Å². The van der Waals surface area contributed by atoms with Crippen molar-refractivity contribution in [1.82, 2.24) is 15.3 Å². The van der Waals surface area contributed by atoms with Gasteiger partial charge in [0.25, 0.3) is 5.56 Å². The summed E-state index contributed by atoms with van der Waals surface area (Å²) in [6.07, 6.45) is 2.91. The molecule has 0 atom stereocenters. The van der Waals surface area contributed by atoms with E-state index in [1.807, 2.05) is 0 Å². The van der Waals surface area contributed by atoms with Crippen LogP contribution in [0.4, 0.5) is 0 Å². The van der Waals surface area contributed by atoms with Gasteiger partial charge in [-0.2, -0.15) is 0 Å². The van der Waals surface area contributed by atoms with Crippen LogP contribution in [0.5, 0.6) is 0 Å². The molecule has 2 N–H and O–H groups in total. The van der Waals surface area contributed by atoms with E-state index in [4.69, 9.17) is 0 Å². The van der Waals surface area contributed by atoms with E-state index in [2.05, 4.69) is 29.1 Å². The van der Waals surface area contributed by atoms with Crippen molar-refractivity contribution in [2.24, 2.45) is 0 Å². The Morgan fingerprint density at radius 2 is 2.20 bits per heavy atom. The lowest BCUT2D eigenvalue weighted by Gasteiger charge is -2.04. The summed E-state index contributed by atoms with van der Waals surface area (Å²) in [6, 6.07) is 1.56. The Morgan fingerprint density at radius 1 is 1.40 bits per heavy atom. The minimum Gasteiger partial charge on any atom is -0.311 e. The highest BCUT2D eigenvalue weighted by Gasteiger charge is 1.99. The van der Waals surface area contributed by atoms with Crippen LogP contribution in [0.25, 0.3) is 0 Å². The average Bonchev–Trinajstić information content (AvgIpc) is 2.18. The van der Waals surface area contributed by atoms with Crippen molar-refractivity contribution in [2.45, 2.75) is 39.7 Å². The minimum absolute atomic E-state index is 0.0539. The van der Waals surface area contributed by atoms with Crippen molar-refractivity contribution in [3.8, 4) is 0 Å². The number of hydrogen-bond donors (Lipinski definition) is 2. The third kappa shape index (κ3) is 4.25. The lowest BCUT2D eigenvalue weighted by Crippen LogP contribution is -2.19. The van der Waals surface area contributed by atoms with Crippen LogP contribution in [0.3, 0.4) is 0 Å². The third-order valence-electron chi connectivity index (χ3n) is 2.06. The van der Waals surface area contributed by atoms with Gasteiger partial charge < -0.3 is 10.3 Å². The first-order valence-electron chi connectivity index (χ1n) is 5.56. The number of aryl methyl sites for hydroxylation is 1. The Bertz CT molecular complexity index is 346. The summed E-state index contributed by atoms with van der Waals surface area (Å²) >= 11 is 0. The first kappa shape index (κ1) is 11.9. The Balaban J connectivity index is 2.66. The van der Waals surface area contributed by atoms with Crippen molar-refractivity contribution in [1.29, 1.82) is 0 Å². The summed E-state index contributed by atoms with van der Waals surface area (Å²) < 4.78 is 0. The molecule has 0 bridgehead atoms. The maximum absolute atomic E-state index is 11.3. The van der Waals surface area contributed by atoms with Crippen LogP contribution in [0.2, 0.25) is 0 Å². The van der Waals surface area contributed by atoms with E-state index in [9.17, 15) is 4.79 Å². The molecule has 0 saturated heterocycles. The lowest BCUT2D eigenvalue weighted by atomic mass is 10.3. The van der Waals surface area contributed by atoms with E-state index >= 15 is 0 Å². The summed E-state index contributed by atoms with van der Waals surface area (Å²) in [5.41, 5.74) is 0.775. The van der Waals surface area contributed by atoms with Crippen LogP contribution in [-0.2, 0) is 13.0 Å². The fraction of sp³-hybridized carbons (Fsp3) is 0.636. The van der Waals surface area contributed by atoms with Crippen LogP contribution in [-0.4, -0.2) is 16.5 Å². The van der Waals surface area contributed by atoms with Crippen molar-refractivity contribution in [3.05, 3.63) is 27.9 Å². The molecule has 84 valence electrons. The zero-order valence-electron chi connectivity index (χ0n) is 9.47. The second kappa shape index (κ2) is 6.35. The van der Waals surface area contributed by atoms with Gasteiger partial charge in [0, 0.05) is 19.0 Å². The molecule has 0 saturated carbocycles. The van der Waals surface area contributed by atoms with E-state index in [0.717, 1.165) is 37.3 Å². The fourth-order valence-corrected chi connectivity index (χ4v) is 1.40. The number of nitrogens with zero attached hydrogens (tertiary/aromatic N) is 1. The Labute approximate surface area is 90.1 Å². The van der Waals surface area contributed by atoms with Crippen molar-refractivity contribution < 1.29 is 0 Å². The maximum Gasteiger partial charge on any atom is 0.251 e. The number of nitrogens with one attached hydrogen (secondary N) is 2. The van der Waals surface area contributed by atoms with Gasteiger partial charge in [-0.05, 0) is 19.4 Å². The Kier molecular flexibility index (Phi) is 5.04. The largest absolute Gasteiger partial charge is 0.311 e. The molecule has 15 heavy (non-hydrogen) atoms. The molecule has 0 amide bonds. The standard InChI is InChI=1S/C11H19N3O/c1-3-5-10-13-9(7-11(15)14-10)8-12-6-4-2/h7,12H,3-6,8H2,1-2H3,(H,13,14,15). The molecule has 0 aliphatic carbocycles. The summed E-state index contributed by atoms with van der Waals surface area (Å²) in [4.78, 5) is 18.4. The highest BCUT2D eigenvalue weighted by molar-refractivity contribution is 5.02. The molecule has 0 unspecified atom stereocenters. The van der Waals surface area contributed by atoms with Crippen LogP contribution < -0.4 is 10.9 Å². The average molecular weight is 209 g/mol. The zero-order valence-corrected chi connectivity index (χ0v) is 9.47. The zero-order chi connectivity index (χ0) is 11.1. The second-order valence-corrected chi connectivity index (χ2v) is 3.61. The first-order chi connectivity index (χ1) is 7.26. The molecule has 0 aliphatic heterocycles. The van der Waals surface area contributed by atoms with Crippen molar-refractivity contribution in [2.75, 3.05) is 6.54 Å². The smallest absolute Gasteiger partial charge is 0.251 e. The van der Waals surface area contributed by atoms with Crippen LogP contribution in [0.1, 0.15) is 38.2 Å². The lowest BCUT2D eigenvalue weighted by molar-refractivity contribution is 0.655. The third-order valence-corrected chi connectivity index (χ3v) is 2.06. The topological polar surface area (TPSA) is 57.8 Å². The highest BCUT2D eigenvalue weighted by Crippen LogP contribution is 1.95. The van der Waals surface area contributed by atoms with E-state index in [0.29, 0.717) is 6.54 Å². The van der Waals surface area contributed by atoms with Crippen LogP contribution in [0.15, 0.2) is 10.9 Å². The molecule has 1 aromatic heterocycles. The monoisotopic (exact) mass is 209 g/mol. The second-order valence-electron chi connectivity index (χ2n) is 3.61. The molecular weight excluding hydrogens is 190 g/mol. The molecule has 0 fully saturated rings. The Morgan fingerprint density at radius 3 is 2.87 bits per heavy atom. The number of hydrogen-bond acceptors (Lipinski definition) is 3. The molecule has 1 rings (SSSR count). The van der Waals surface area contributed by atoms with Gasteiger partial charge in [-0.3, -0.25) is 4.79 Å². The number of aromatic nitrogens is 2. The van der Waals surface area contributed by atoms with Gasteiger partial charge >= 0.3 is 0 Å². The van der Waals surface area contributed by atoms with Gasteiger partial charge in [-0.1, -0.05) is 13.8 Å². The molecular formula is C11H19N3O. The summed E-state index contributed by atoms with van der Waals surface area (Å²) in [7, 11) is 0. The van der Waals surface area contributed by atoms with E-state index in [1.54, 1.807) is 6.07 Å². The van der Waals surface area contributed by atoms with Gasteiger partial charge in [0.2, 0.25) is 0 Å². The van der Waals surface area contributed by atoms with Gasteiger partial charge in [-0.25, -0.2) is 4.98 Å². The number of H-pyrrole nitrogens is 1. The molecule has 1 aromatic rings.